The van der Waals surface area contributed by atoms with E-state index in [0.29, 0.717) is 43.7 Å². The van der Waals surface area contributed by atoms with Crippen LogP contribution in [0.15, 0.2) is 47.6 Å². The first-order valence-electron chi connectivity index (χ1n) is 11.3. The number of sulfone groups is 1. The van der Waals surface area contributed by atoms with Crippen molar-refractivity contribution in [3.63, 3.8) is 0 Å². The lowest BCUT2D eigenvalue weighted by atomic mass is 9.82. The average Bonchev–Trinajstić information content (AvgIpc) is 3.31. The van der Waals surface area contributed by atoms with E-state index in [4.69, 9.17) is 4.74 Å². The van der Waals surface area contributed by atoms with Gasteiger partial charge in [0.1, 0.15) is 39.4 Å². The van der Waals surface area contributed by atoms with E-state index in [-0.39, 0.29) is 22.9 Å². The van der Waals surface area contributed by atoms with E-state index < -0.39 is 31.9 Å². The van der Waals surface area contributed by atoms with Gasteiger partial charge in [-0.15, -0.1) is 0 Å². The first kappa shape index (κ1) is 24.2. The van der Waals surface area contributed by atoms with Gasteiger partial charge in [0.05, 0.1) is 12.2 Å². The van der Waals surface area contributed by atoms with Crippen molar-refractivity contribution in [2.75, 3.05) is 13.2 Å². The van der Waals surface area contributed by atoms with Gasteiger partial charge in [0.2, 0.25) is 0 Å². The predicted octanol–water partition coefficient (Wildman–Crippen LogP) is 4.20. The summed E-state index contributed by atoms with van der Waals surface area (Å²) in [5.74, 6) is -1.30. The molecule has 0 aliphatic carbocycles. The maximum absolute atomic E-state index is 15.3. The quantitative estimate of drug-likeness (QED) is 0.538. The standard InChI is InChI=1S/C24H25F2N3O4S2/c1-24(30)7-8-29(20(12-24)15-2-4-16(25)5-3-15)19-6-9-33-21-11-22(18(26)10-17(19)21)35(31,32)13-23-27-14-28-34-23/h2-5,10-11,14,19-20,30H,6-9,12-13H2,1H3/t19-,20+,24+/m1/s1. The van der Waals surface area contributed by atoms with E-state index in [1.165, 1.54) is 30.6 Å². The molecule has 11 heteroatoms. The normalized spacial score (nSPS) is 25.1. The van der Waals surface area contributed by atoms with Crippen molar-refractivity contribution < 1.29 is 27.0 Å². The summed E-state index contributed by atoms with van der Waals surface area (Å²) in [7, 11) is -3.99. The molecule has 3 atom stereocenters. The molecule has 0 saturated carbocycles. The summed E-state index contributed by atoms with van der Waals surface area (Å²) in [6.45, 7) is 2.66. The first-order valence-corrected chi connectivity index (χ1v) is 13.7. The van der Waals surface area contributed by atoms with E-state index >= 15 is 4.39 Å². The molecule has 0 amide bonds. The van der Waals surface area contributed by atoms with Crippen LogP contribution in [0.2, 0.25) is 0 Å². The van der Waals surface area contributed by atoms with E-state index in [0.717, 1.165) is 17.1 Å². The van der Waals surface area contributed by atoms with Gasteiger partial charge in [-0.25, -0.2) is 22.2 Å². The number of nitrogens with zero attached hydrogens (tertiary/aromatic N) is 3. The fourth-order valence-electron chi connectivity index (χ4n) is 4.98. The van der Waals surface area contributed by atoms with Crippen LogP contribution in [0.25, 0.3) is 0 Å². The van der Waals surface area contributed by atoms with Gasteiger partial charge in [0, 0.05) is 36.7 Å². The molecule has 35 heavy (non-hydrogen) atoms. The maximum atomic E-state index is 15.3. The molecule has 2 aliphatic rings. The summed E-state index contributed by atoms with van der Waals surface area (Å²) >= 11 is 0.953. The highest BCUT2D eigenvalue weighted by Crippen LogP contribution is 2.46. The molecule has 0 spiro atoms. The highest BCUT2D eigenvalue weighted by Gasteiger charge is 2.41. The first-order chi connectivity index (χ1) is 16.6. The number of hydrogen-bond acceptors (Lipinski definition) is 8. The number of likely N-dealkylation sites (tertiary alicyclic amines) is 1. The molecule has 1 N–H and O–H groups in total. The number of piperidine rings is 1. The summed E-state index contributed by atoms with van der Waals surface area (Å²) in [5.41, 5.74) is 0.533. The number of benzene rings is 2. The third-order valence-electron chi connectivity index (χ3n) is 6.72. The molecule has 0 bridgehead atoms. The Bertz CT molecular complexity index is 1320. The molecule has 7 nitrogen and oxygen atoms in total. The van der Waals surface area contributed by atoms with Crippen molar-refractivity contribution in [3.05, 3.63) is 70.5 Å². The smallest absolute Gasteiger partial charge is 0.187 e. The zero-order valence-electron chi connectivity index (χ0n) is 19.0. The number of hydrogen-bond donors (Lipinski definition) is 1. The van der Waals surface area contributed by atoms with Gasteiger partial charge in [-0.2, -0.15) is 4.37 Å². The van der Waals surface area contributed by atoms with Crippen LogP contribution in [0.1, 0.15) is 54.4 Å². The molecule has 1 saturated heterocycles. The second-order valence-corrected chi connectivity index (χ2v) is 12.1. The minimum atomic E-state index is -3.99. The second-order valence-electron chi connectivity index (χ2n) is 9.32. The Morgan fingerprint density at radius 2 is 2.00 bits per heavy atom. The highest BCUT2D eigenvalue weighted by atomic mass is 32.2. The fourth-order valence-corrected chi connectivity index (χ4v) is 7.17. The molecule has 0 radical (unpaired) electrons. The van der Waals surface area contributed by atoms with Gasteiger partial charge in [-0.3, -0.25) is 4.90 Å². The summed E-state index contributed by atoms with van der Waals surface area (Å²) < 4.78 is 64.2. The summed E-state index contributed by atoms with van der Waals surface area (Å²) in [4.78, 5) is 5.65. The molecule has 2 aromatic carbocycles. The molecular weight excluding hydrogens is 496 g/mol. The van der Waals surface area contributed by atoms with E-state index in [1.807, 2.05) is 0 Å². The van der Waals surface area contributed by atoms with E-state index in [1.54, 1.807) is 19.1 Å². The Morgan fingerprint density at radius 1 is 1.23 bits per heavy atom. The topological polar surface area (TPSA) is 92.6 Å². The monoisotopic (exact) mass is 521 g/mol. The van der Waals surface area contributed by atoms with Crippen molar-refractivity contribution in [1.29, 1.82) is 0 Å². The van der Waals surface area contributed by atoms with Crippen molar-refractivity contribution in [3.8, 4) is 5.75 Å². The van der Waals surface area contributed by atoms with Crippen molar-refractivity contribution in [2.45, 2.75) is 54.5 Å². The number of halogens is 2. The van der Waals surface area contributed by atoms with Gasteiger partial charge < -0.3 is 9.84 Å². The van der Waals surface area contributed by atoms with Gasteiger partial charge in [-0.1, -0.05) is 12.1 Å². The third-order valence-corrected chi connectivity index (χ3v) is 9.20. The van der Waals surface area contributed by atoms with Crippen molar-refractivity contribution >= 4 is 21.4 Å². The van der Waals surface area contributed by atoms with Crippen LogP contribution in [-0.4, -0.2) is 46.5 Å². The molecule has 1 fully saturated rings. The molecule has 0 unspecified atom stereocenters. The van der Waals surface area contributed by atoms with Crippen molar-refractivity contribution in [2.24, 2.45) is 0 Å². The Kier molecular flexibility index (Phi) is 6.37. The lowest BCUT2D eigenvalue weighted by Gasteiger charge is -2.47. The largest absolute Gasteiger partial charge is 0.493 e. The van der Waals surface area contributed by atoms with Crippen LogP contribution in [0.4, 0.5) is 8.78 Å². The van der Waals surface area contributed by atoms with Crippen LogP contribution >= 0.6 is 11.5 Å². The highest BCUT2D eigenvalue weighted by molar-refractivity contribution is 7.90. The number of aromatic nitrogens is 2. The summed E-state index contributed by atoms with van der Waals surface area (Å²) in [5, 5.41) is 11.1. The number of fused-ring (bicyclic) bond motifs is 1. The Balaban J connectivity index is 1.50. The number of aliphatic hydroxyl groups is 1. The molecule has 3 heterocycles. The second kappa shape index (κ2) is 9.20. The molecular formula is C24H25F2N3O4S2. The fraction of sp³-hybridized carbons (Fsp3) is 0.417. The van der Waals surface area contributed by atoms with Crippen LogP contribution < -0.4 is 4.74 Å². The van der Waals surface area contributed by atoms with Crippen molar-refractivity contribution in [1.82, 2.24) is 14.3 Å². The molecule has 1 aromatic heterocycles. The lowest BCUT2D eigenvalue weighted by Crippen LogP contribution is -2.47. The third kappa shape index (κ3) is 4.95. The van der Waals surface area contributed by atoms with Gasteiger partial charge in [0.15, 0.2) is 9.84 Å². The maximum Gasteiger partial charge on any atom is 0.187 e. The van der Waals surface area contributed by atoms with Crippen LogP contribution in [-0.2, 0) is 15.6 Å². The molecule has 5 rings (SSSR count). The SMILES string of the molecule is C[C@]1(O)CCN([C@@H]2CCOc3cc(S(=O)(=O)Cc4ncns4)c(F)cc32)[C@H](c2ccc(F)cc2)C1. The zero-order valence-corrected chi connectivity index (χ0v) is 20.7. The van der Waals surface area contributed by atoms with Gasteiger partial charge >= 0.3 is 0 Å². The van der Waals surface area contributed by atoms with Crippen LogP contribution in [0, 0.1) is 11.6 Å². The minimum Gasteiger partial charge on any atom is -0.493 e. The summed E-state index contributed by atoms with van der Waals surface area (Å²) in [6, 6.07) is 8.24. The van der Waals surface area contributed by atoms with E-state index in [9.17, 15) is 17.9 Å². The minimum absolute atomic E-state index is 0.223. The predicted molar refractivity (Wildman–Crippen MR) is 126 cm³/mol. The zero-order chi connectivity index (χ0) is 24.8. The average molecular weight is 522 g/mol. The Labute approximate surface area is 206 Å². The molecule has 3 aromatic rings. The Hall–Kier alpha value is -2.47. The lowest BCUT2D eigenvalue weighted by molar-refractivity contribution is -0.0541. The number of rotatable bonds is 5. The Morgan fingerprint density at radius 3 is 2.71 bits per heavy atom. The molecule has 186 valence electrons. The van der Waals surface area contributed by atoms with Crippen LogP contribution in [0.5, 0.6) is 5.75 Å². The number of ether oxygens (including phenoxy) is 1. The van der Waals surface area contributed by atoms with E-state index in [2.05, 4.69) is 14.3 Å². The van der Waals surface area contributed by atoms with Gasteiger partial charge in [0.25, 0.3) is 0 Å². The van der Waals surface area contributed by atoms with Gasteiger partial charge in [-0.05, 0) is 55.1 Å². The van der Waals surface area contributed by atoms with Crippen LogP contribution in [0.3, 0.4) is 0 Å². The molecule has 2 aliphatic heterocycles. The summed E-state index contributed by atoms with van der Waals surface area (Å²) in [6.07, 6.45) is 2.79.